The number of anilines is 1. The van der Waals surface area contributed by atoms with Gasteiger partial charge in [-0.25, -0.2) is 0 Å². The van der Waals surface area contributed by atoms with Crippen molar-refractivity contribution < 1.29 is 0 Å². The van der Waals surface area contributed by atoms with Crippen molar-refractivity contribution in [3.05, 3.63) is 59.2 Å². The summed E-state index contributed by atoms with van der Waals surface area (Å²) in [7, 11) is 0. The molecule has 1 aliphatic carbocycles. The van der Waals surface area contributed by atoms with E-state index in [9.17, 15) is 0 Å². The van der Waals surface area contributed by atoms with Crippen LogP contribution >= 0.6 is 11.8 Å². The summed E-state index contributed by atoms with van der Waals surface area (Å²) in [6.45, 7) is 1.06. The Hall–Kier alpha value is -1.41. The summed E-state index contributed by atoms with van der Waals surface area (Å²) < 4.78 is 0. The van der Waals surface area contributed by atoms with Crippen LogP contribution in [0.5, 0.6) is 0 Å². The number of thioether (sulfide) groups is 1. The third kappa shape index (κ3) is 2.57. The van der Waals surface area contributed by atoms with Gasteiger partial charge >= 0.3 is 0 Å². The van der Waals surface area contributed by atoms with Crippen molar-refractivity contribution in [1.82, 2.24) is 0 Å². The molecule has 0 aromatic heterocycles. The topological polar surface area (TPSA) is 12.0 Å². The molecule has 2 heteroatoms. The van der Waals surface area contributed by atoms with E-state index < -0.39 is 0 Å². The Balaban J connectivity index is 1.51. The van der Waals surface area contributed by atoms with Crippen molar-refractivity contribution in [3.63, 3.8) is 0 Å². The molecule has 0 saturated heterocycles. The number of nitrogens with one attached hydrogen (secondary N) is 1. The van der Waals surface area contributed by atoms with Gasteiger partial charge in [-0.05, 0) is 54.5 Å². The number of hydrogen-bond acceptors (Lipinski definition) is 2. The molecule has 2 aliphatic rings. The van der Waals surface area contributed by atoms with E-state index in [1.807, 2.05) is 11.8 Å². The third-order valence-electron chi connectivity index (χ3n) is 4.73. The smallest absolute Gasteiger partial charge is 0.0375 e. The lowest BCUT2D eigenvalue weighted by Crippen LogP contribution is -2.15. The number of rotatable bonds is 3. The van der Waals surface area contributed by atoms with Crippen LogP contribution in [0.15, 0.2) is 47.4 Å². The second kappa shape index (κ2) is 5.76. The molecule has 21 heavy (non-hydrogen) atoms. The Morgan fingerprint density at radius 1 is 1.00 bits per heavy atom. The maximum absolute atomic E-state index is 3.74. The molecule has 1 atom stereocenters. The van der Waals surface area contributed by atoms with Gasteiger partial charge in [0.2, 0.25) is 0 Å². The fourth-order valence-corrected chi connectivity index (χ4v) is 4.83. The molecular weight excluding hydrogens is 274 g/mol. The van der Waals surface area contributed by atoms with Crippen LogP contribution in [0.4, 0.5) is 5.69 Å². The zero-order valence-electron chi connectivity index (χ0n) is 12.3. The second-order valence-electron chi connectivity index (χ2n) is 6.08. The lowest BCUT2D eigenvalue weighted by Gasteiger charge is -2.21. The lowest BCUT2D eigenvalue weighted by atomic mass is 9.90. The molecule has 4 rings (SSSR count). The summed E-state index contributed by atoms with van der Waals surface area (Å²) in [6.07, 6.45) is 5.19. The van der Waals surface area contributed by atoms with Crippen molar-refractivity contribution in [2.24, 2.45) is 0 Å². The van der Waals surface area contributed by atoms with Gasteiger partial charge < -0.3 is 5.32 Å². The molecular formula is C19H21NS. The molecule has 0 spiro atoms. The monoisotopic (exact) mass is 295 g/mol. The van der Waals surface area contributed by atoms with Crippen LogP contribution in [-0.2, 0) is 12.8 Å². The minimum Gasteiger partial charge on any atom is -0.384 e. The third-order valence-corrected chi connectivity index (χ3v) is 5.99. The first kappa shape index (κ1) is 13.3. The fraction of sp³-hybridized carbons (Fsp3) is 0.368. The molecule has 108 valence electrons. The van der Waals surface area contributed by atoms with Gasteiger partial charge in [-0.1, -0.05) is 30.3 Å². The molecule has 1 aliphatic heterocycles. The summed E-state index contributed by atoms with van der Waals surface area (Å²) in [5.74, 6) is 1.85. The Morgan fingerprint density at radius 2 is 1.90 bits per heavy atom. The SMILES string of the molecule is c1cc2c(c(NCC3CSc4ccccc43)c1)CCCC2. The molecule has 1 unspecified atom stereocenters. The van der Waals surface area contributed by atoms with E-state index in [0.717, 1.165) is 6.54 Å². The van der Waals surface area contributed by atoms with E-state index in [2.05, 4.69) is 47.8 Å². The molecule has 0 amide bonds. The van der Waals surface area contributed by atoms with Crippen molar-refractivity contribution in [2.45, 2.75) is 36.5 Å². The molecule has 0 fully saturated rings. The van der Waals surface area contributed by atoms with E-state index in [-0.39, 0.29) is 0 Å². The predicted molar refractivity (Wildman–Crippen MR) is 91.5 cm³/mol. The highest BCUT2D eigenvalue weighted by molar-refractivity contribution is 7.99. The Labute approximate surface area is 131 Å². The molecule has 2 aromatic carbocycles. The highest BCUT2D eigenvalue weighted by Gasteiger charge is 2.22. The second-order valence-corrected chi connectivity index (χ2v) is 7.14. The number of fused-ring (bicyclic) bond motifs is 2. The van der Waals surface area contributed by atoms with Gasteiger partial charge in [-0.15, -0.1) is 11.8 Å². The van der Waals surface area contributed by atoms with Gasteiger partial charge in [0.15, 0.2) is 0 Å². The summed E-state index contributed by atoms with van der Waals surface area (Å²) >= 11 is 2.00. The van der Waals surface area contributed by atoms with Crippen LogP contribution in [0.1, 0.15) is 35.4 Å². The van der Waals surface area contributed by atoms with Gasteiger partial charge in [-0.2, -0.15) is 0 Å². The Morgan fingerprint density at radius 3 is 2.90 bits per heavy atom. The summed E-state index contributed by atoms with van der Waals surface area (Å²) in [5.41, 5.74) is 6.04. The Bertz CT molecular complexity index is 650. The van der Waals surface area contributed by atoms with Crippen LogP contribution in [0.2, 0.25) is 0 Å². The van der Waals surface area contributed by atoms with E-state index in [1.165, 1.54) is 47.6 Å². The van der Waals surface area contributed by atoms with Crippen LogP contribution in [0, 0.1) is 0 Å². The predicted octanol–water partition coefficient (Wildman–Crippen LogP) is 4.87. The number of aryl methyl sites for hydroxylation is 1. The normalized spacial score (nSPS) is 19.9. The average Bonchev–Trinajstić information content (AvgIpc) is 2.96. The molecule has 1 heterocycles. The zero-order valence-corrected chi connectivity index (χ0v) is 13.1. The molecule has 2 aromatic rings. The molecule has 1 N–H and O–H groups in total. The zero-order chi connectivity index (χ0) is 14.1. The van der Waals surface area contributed by atoms with Gasteiger partial charge in [0.1, 0.15) is 0 Å². The first-order valence-corrected chi connectivity index (χ1v) is 8.97. The average molecular weight is 295 g/mol. The highest BCUT2D eigenvalue weighted by atomic mass is 32.2. The summed E-state index contributed by atoms with van der Waals surface area (Å²) in [5, 5.41) is 3.74. The minimum atomic E-state index is 0.644. The van der Waals surface area contributed by atoms with Crippen LogP contribution in [0.25, 0.3) is 0 Å². The summed E-state index contributed by atoms with van der Waals surface area (Å²) in [4.78, 5) is 1.47. The maximum atomic E-state index is 3.74. The van der Waals surface area contributed by atoms with E-state index in [4.69, 9.17) is 0 Å². The molecule has 0 bridgehead atoms. The van der Waals surface area contributed by atoms with E-state index >= 15 is 0 Å². The van der Waals surface area contributed by atoms with Crippen molar-refractivity contribution in [1.29, 1.82) is 0 Å². The maximum Gasteiger partial charge on any atom is 0.0375 e. The lowest BCUT2D eigenvalue weighted by molar-refractivity contribution is 0.685. The van der Waals surface area contributed by atoms with E-state index in [1.54, 1.807) is 11.1 Å². The summed E-state index contributed by atoms with van der Waals surface area (Å²) in [6, 6.07) is 15.6. The minimum absolute atomic E-state index is 0.644. The van der Waals surface area contributed by atoms with Crippen molar-refractivity contribution in [3.8, 4) is 0 Å². The molecule has 0 saturated carbocycles. The van der Waals surface area contributed by atoms with Crippen LogP contribution < -0.4 is 5.32 Å². The fourth-order valence-electron chi connectivity index (χ4n) is 3.58. The van der Waals surface area contributed by atoms with Gasteiger partial charge in [0.05, 0.1) is 0 Å². The van der Waals surface area contributed by atoms with Gasteiger partial charge in [0.25, 0.3) is 0 Å². The van der Waals surface area contributed by atoms with Crippen molar-refractivity contribution in [2.75, 3.05) is 17.6 Å². The highest BCUT2D eigenvalue weighted by Crippen LogP contribution is 2.39. The quantitative estimate of drug-likeness (QED) is 0.867. The largest absolute Gasteiger partial charge is 0.384 e. The standard InChI is InChI=1S/C19H21NS/c1-2-8-16-14(6-1)7-5-10-18(16)20-12-15-13-21-19-11-4-3-9-17(15)19/h3-5,7,9-11,15,20H,1-2,6,8,12-13H2. The van der Waals surface area contributed by atoms with Gasteiger partial charge in [0, 0.05) is 28.8 Å². The molecule has 0 radical (unpaired) electrons. The molecule has 1 nitrogen and oxygen atoms in total. The Kier molecular flexibility index (Phi) is 3.64. The van der Waals surface area contributed by atoms with Crippen LogP contribution in [-0.4, -0.2) is 12.3 Å². The number of hydrogen-bond donors (Lipinski definition) is 1. The van der Waals surface area contributed by atoms with E-state index in [0.29, 0.717) is 5.92 Å². The van der Waals surface area contributed by atoms with Crippen LogP contribution in [0.3, 0.4) is 0 Å². The van der Waals surface area contributed by atoms with Gasteiger partial charge in [-0.3, -0.25) is 0 Å². The van der Waals surface area contributed by atoms with Crippen molar-refractivity contribution >= 4 is 17.4 Å². The first-order chi connectivity index (χ1) is 10.4. The number of benzene rings is 2. The first-order valence-electron chi connectivity index (χ1n) is 7.98.